The van der Waals surface area contributed by atoms with Crippen molar-refractivity contribution in [3.05, 3.63) is 36.6 Å². The van der Waals surface area contributed by atoms with Gasteiger partial charge in [0.15, 0.2) is 0 Å². The molecular formula is C17H31NO. The number of unbranched alkanes of at least 4 members (excludes halogenated alkanes) is 3. The quantitative estimate of drug-likeness (QED) is 0.342. The maximum Gasteiger partial charge on any atom is 0.0444 e. The van der Waals surface area contributed by atoms with E-state index in [0.29, 0.717) is 12.6 Å². The average Bonchev–Trinajstić information content (AvgIpc) is 2.40. The molecule has 0 amide bonds. The SMILES string of the molecule is C=C(/C=C\CC)N(CCCCCCO)C(C)/C=C\C. The van der Waals surface area contributed by atoms with E-state index >= 15 is 0 Å². The molecule has 0 aliphatic rings. The lowest BCUT2D eigenvalue weighted by Crippen LogP contribution is -2.31. The number of aliphatic hydroxyl groups excluding tert-OH is 1. The van der Waals surface area contributed by atoms with Gasteiger partial charge in [-0.3, -0.25) is 0 Å². The Balaban J connectivity index is 4.33. The Labute approximate surface area is 119 Å². The van der Waals surface area contributed by atoms with Gasteiger partial charge in [0.1, 0.15) is 0 Å². The van der Waals surface area contributed by atoms with Gasteiger partial charge in [-0.2, -0.15) is 0 Å². The maximum atomic E-state index is 8.78. The van der Waals surface area contributed by atoms with Crippen LogP contribution in [0, 0.1) is 0 Å². The fourth-order valence-corrected chi connectivity index (χ4v) is 2.09. The predicted molar refractivity (Wildman–Crippen MR) is 85.1 cm³/mol. The van der Waals surface area contributed by atoms with Crippen LogP contribution in [0.2, 0.25) is 0 Å². The second kappa shape index (κ2) is 12.0. The normalized spacial score (nSPS) is 13.3. The number of hydrogen-bond donors (Lipinski definition) is 1. The molecule has 0 aromatic heterocycles. The van der Waals surface area contributed by atoms with E-state index in [1.54, 1.807) is 0 Å². The van der Waals surface area contributed by atoms with Crippen molar-refractivity contribution in [2.24, 2.45) is 0 Å². The molecular weight excluding hydrogens is 234 g/mol. The second-order valence-electron chi connectivity index (χ2n) is 4.90. The van der Waals surface area contributed by atoms with Crippen molar-refractivity contribution < 1.29 is 5.11 Å². The number of allylic oxidation sites excluding steroid dienone is 3. The monoisotopic (exact) mass is 265 g/mol. The first-order valence-electron chi connectivity index (χ1n) is 7.53. The van der Waals surface area contributed by atoms with Crippen LogP contribution in [-0.2, 0) is 0 Å². The van der Waals surface area contributed by atoms with Crippen molar-refractivity contribution in [2.45, 2.75) is 58.9 Å². The molecule has 19 heavy (non-hydrogen) atoms. The first kappa shape index (κ1) is 18.0. The highest BCUT2D eigenvalue weighted by molar-refractivity contribution is 5.15. The summed E-state index contributed by atoms with van der Waals surface area (Å²) in [6.45, 7) is 11.9. The molecule has 110 valence electrons. The molecule has 0 aromatic rings. The van der Waals surface area contributed by atoms with Crippen LogP contribution < -0.4 is 0 Å². The van der Waals surface area contributed by atoms with E-state index in [4.69, 9.17) is 5.11 Å². The first-order chi connectivity index (χ1) is 9.17. The molecule has 0 rings (SSSR count). The molecule has 0 saturated carbocycles. The summed E-state index contributed by atoms with van der Waals surface area (Å²) in [5.74, 6) is 0. The Morgan fingerprint density at radius 1 is 1.26 bits per heavy atom. The number of aliphatic hydroxyl groups is 1. The number of hydrogen-bond acceptors (Lipinski definition) is 2. The summed E-state index contributed by atoms with van der Waals surface area (Å²) in [4.78, 5) is 2.35. The van der Waals surface area contributed by atoms with Crippen molar-refractivity contribution in [2.75, 3.05) is 13.2 Å². The van der Waals surface area contributed by atoms with Gasteiger partial charge >= 0.3 is 0 Å². The fourth-order valence-electron chi connectivity index (χ4n) is 2.09. The summed E-state index contributed by atoms with van der Waals surface area (Å²) in [6, 6.07) is 0.386. The highest BCUT2D eigenvalue weighted by Gasteiger charge is 2.10. The Kier molecular flexibility index (Phi) is 11.4. The summed E-state index contributed by atoms with van der Waals surface area (Å²) in [7, 11) is 0. The van der Waals surface area contributed by atoms with E-state index in [1.165, 1.54) is 6.42 Å². The molecule has 0 bridgehead atoms. The molecule has 0 fully saturated rings. The molecule has 0 aliphatic heterocycles. The largest absolute Gasteiger partial charge is 0.396 e. The Bertz CT molecular complexity index is 281. The van der Waals surface area contributed by atoms with Crippen LogP contribution in [0.3, 0.4) is 0 Å². The molecule has 2 heteroatoms. The van der Waals surface area contributed by atoms with E-state index in [0.717, 1.165) is 37.9 Å². The maximum absolute atomic E-state index is 8.78. The summed E-state index contributed by atoms with van der Waals surface area (Å²) in [5, 5.41) is 8.78. The third-order valence-electron chi connectivity index (χ3n) is 3.18. The number of nitrogens with zero attached hydrogens (tertiary/aromatic N) is 1. The smallest absolute Gasteiger partial charge is 0.0444 e. The van der Waals surface area contributed by atoms with Gasteiger partial charge in [0.2, 0.25) is 0 Å². The van der Waals surface area contributed by atoms with Crippen molar-refractivity contribution >= 4 is 0 Å². The van der Waals surface area contributed by atoms with Crippen molar-refractivity contribution in [1.29, 1.82) is 0 Å². The van der Waals surface area contributed by atoms with Crippen molar-refractivity contribution in [3.8, 4) is 0 Å². The fraction of sp³-hybridized carbons (Fsp3) is 0.647. The lowest BCUT2D eigenvalue weighted by molar-refractivity contribution is 0.276. The highest BCUT2D eigenvalue weighted by atomic mass is 16.2. The van der Waals surface area contributed by atoms with Crippen molar-refractivity contribution in [3.63, 3.8) is 0 Å². The van der Waals surface area contributed by atoms with Crippen LogP contribution in [0.15, 0.2) is 36.6 Å². The number of rotatable bonds is 11. The van der Waals surface area contributed by atoms with Gasteiger partial charge in [0.25, 0.3) is 0 Å². The molecule has 0 spiro atoms. The molecule has 1 unspecified atom stereocenters. The summed E-state index contributed by atoms with van der Waals surface area (Å²) < 4.78 is 0. The molecule has 0 saturated heterocycles. The Morgan fingerprint density at radius 3 is 2.53 bits per heavy atom. The zero-order valence-corrected chi connectivity index (χ0v) is 12.9. The van der Waals surface area contributed by atoms with E-state index in [1.807, 2.05) is 0 Å². The minimum atomic E-state index is 0.310. The predicted octanol–water partition coefficient (Wildman–Crippen LogP) is 4.29. The highest BCUT2D eigenvalue weighted by Crippen LogP contribution is 2.13. The first-order valence-corrected chi connectivity index (χ1v) is 7.53. The second-order valence-corrected chi connectivity index (χ2v) is 4.90. The summed E-state index contributed by atoms with van der Waals surface area (Å²) in [5.41, 5.74) is 1.09. The van der Waals surface area contributed by atoms with Crippen LogP contribution in [0.1, 0.15) is 52.9 Å². The molecule has 2 nitrogen and oxygen atoms in total. The van der Waals surface area contributed by atoms with Gasteiger partial charge in [0, 0.05) is 24.9 Å². The molecule has 1 atom stereocenters. The van der Waals surface area contributed by atoms with E-state index in [-0.39, 0.29) is 0 Å². The summed E-state index contributed by atoms with van der Waals surface area (Å²) in [6.07, 6.45) is 14.0. The van der Waals surface area contributed by atoms with E-state index in [2.05, 4.69) is 56.6 Å². The Hall–Kier alpha value is -1.02. The molecule has 0 radical (unpaired) electrons. The van der Waals surface area contributed by atoms with Gasteiger partial charge in [-0.25, -0.2) is 0 Å². The molecule has 0 aliphatic carbocycles. The third kappa shape index (κ3) is 8.66. The topological polar surface area (TPSA) is 23.5 Å². The molecule has 0 aromatic carbocycles. The minimum Gasteiger partial charge on any atom is -0.396 e. The van der Waals surface area contributed by atoms with Crippen LogP contribution in [0.4, 0.5) is 0 Å². The third-order valence-corrected chi connectivity index (χ3v) is 3.18. The van der Waals surface area contributed by atoms with Crippen LogP contribution in [-0.4, -0.2) is 29.2 Å². The van der Waals surface area contributed by atoms with Crippen LogP contribution in [0.25, 0.3) is 0 Å². The van der Waals surface area contributed by atoms with Crippen molar-refractivity contribution in [1.82, 2.24) is 4.90 Å². The molecule has 1 N–H and O–H groups in total. The van der Waals surface area contributed by atoms with Gasteiger partial charge in [-0.05, 0) is 39.2 Å². The van der Waals surface area contributed by atoms with Gasteiger partial charge in [-0.15, -0.1) is 0 Å². The summed E-state index contributed by atoms with van der Waals surface area (Å²) >= 11 is 0. The lowest BCUT2D eigenvalue weighted by atomic mass is 10.1. The molecule has 0 heterocycles. The van der Waals surface area contributed by atoms with E-state index < -0.39 is 0 Å². The average molecular weight is 265 g/mol. The van der Waals surface area contributed by atoms with Gasteiger partial charge in [-0.1, -0.05) is 44.6 Å². The Morgan fingerprint density at radius 2 is 1.95 bits per heavy atom. The van der Waals surface area contributed by atoms with Crippen LogP contribution in [0.5, 0.6) is 0 Å². The minimum absolute atomic E-state index is 0.310. The standard InChI is InChI=1S/C17H31NO/c1-5-7-13-17(4)18(16(3)12-6-2)14-10-8-9-11-15-19/h6-7,12-13,16,19H,4-5,8-11,14-15H2,1-3H3/b12-6-,13-7-. The van der Waals surface area contributed by atoms with Crippen LogP contribution >= 0.6 is 0 Å². The zero-order valence-electron chi connectivity index (χ0n) is 12.9. The zero-order chi connectivity index (χ0) is 14.5. The van der Waals surface area contributed by atoms with E-state index in [9.17, 15) is 0 Å². The lowest BCUT2D eigenvalue weighted by Gasteiger charge is -2.30. The van der Waals surface area contributed by atoms with Gasteiger partial charge in [0.05, 0.1) is 0 Å². The van der Waals surface area contributed by atoms with Gasteiger partial charge < -0.3 is 10.0 Å².